The van der Waals surface area contributed by atoms with Crippen LogP contribution in [0.25, 0.3) is 16.7 Å². The van der Waals surface area contributed by atoms with E-state index in [0.717, 1.165) is 17.0 Å². The zero-order chi connectivity index (χ0) is 18.6. The number of allylic oxidation sites excluding steroid dienone is 4. The predicted octanol–water partition coefficient (Wildman–Crippen LogP) is 6.74. The molecule has 0 saturated carbocycles. The quantitative estimate of drug-likeness (QED) is 0.508. The number of nitrogens with two attached hydrogens (primary N) is 1. The molecule has 27 heavy (non-hydrogen) atoms. The minimum absolute atomic E-state index is 0.787. The van der Waals surface area contributed by atoms with Crippen molar-refractivity contribution in [2.75, 3.05) is 5.73 Å². The Kier molecular flexibility index (Phi) is 4.99. The smallest absolute Gasteiger partial charge is 0.0314 e. The molecule has 2 heteroatoms. The number of hydrogen-bond donors (Lipinski definition) is 1. The van der Waals surface area contributed by atoms with Crippen LogP contribution in [0.1, 0.15) is 11.1 Å². The Morgan fingerprint density at radius 3 is 2.11 bits per heavy atom. The van der Waals surface area contributed by atoms with Gasteiger partial charge in [-0.2, -0.15) is 0 Å². The van der Waals surface area contributed by atoms with Gasteiger partial charge in [0.2, 0.25) is 0 Å². The van der Waals surface area contributed by atoms with E-state index in [4.69, 9.17) is 5.73 Å². The van der Waals surface area contributed by atoms with Crippen LogP contribution in [0.2, 0.25) is 0 Å². The van der Waals surface area contributed by atoms with Gasteiger partial charge in [0.15, 0.2) is 0 Å². The third-order valence-corrected chi connectivity index (χ3v) is 5.68. The molecule has 0 saturated heterocycles. The Labute approximate surface area is 164 Å². The maximum Gasteiger partial charge on any atom is 0.0314 e. The zero-order valence-corrected chi connectivity index (χ0v) is 15.9. The van der Waals surface area contributed by atoms with Crippen LogP contribution in [0, 0.1) is 0 Å². The fourth-order valence-electron chi connectivity index (χ4n) is 3.16. The fourth-order valence-corrected chi connectivity index (χ4v) is 4.01. The lowest BCUT2D eigenvalue weighted by Gasteiger charge is -2.07. The number of nitrogen functional groups attached to an aromatic ring is 1. The average Bonchev–Trinajstić information content (AvgIpc) is 2.77. The van der Waals surface area contributed by atoms with Crippen LogP contribution < -0.4 is 5.73 Å². The second-order valence-electron chi connectivity index (χ2n) is 6.57. The Hall–Kier alpha value is -2.97. The van der Waals surface area contributed by atoms with E-state index in [2.05, 4.69) is 85.5 Å². The summed E-state index contributed by atoms with van der Waals surface area (Å²) in [6.45, 7) is 4.18. The molecule has 1 aliphatic rings. The number of benzene rings is 3. The van der Waals surface area contributed by atoms with Gasteiger partial charge in [-0.1, -0.05) is 85.1 Å². The van der Waals surface area contributed by atoms with Crippen LogP contribution in [0.3, 0.4) is 0 Å². The molecular formula is C25H21NS. The van der Waals surface area contributed by atoms with Crippen molar-refractivity contribution in [3.05, 3.63) is 114 Å². The van der Waals surface area contributed by atoms with E-state index >= 15 is 0 Å². The lowest BCUT2D eigenvalue weighted by Crippen LogP contribution is -1.87. The summed E-state index contributed by atoms with van der Waals surface area (Å²) in [5, 5.41) is 0. The topological polar surface area (TPSA) is 26.0 Å². The van der Waals surface area contributed by atoms with Crippen molar-refractivity contribution in [2.24, 2.45) is 0 Å². The molecule has 0 bridgehead atoms. The van der Waals surface area contributed by atoms with Crippen molar-refractivity contribution in [2.45, 2.75) is 11.3 Å². The molecule has 0 aromatic heterocycles. The Balaban J connectivity index is 1.65. The van der Waals surface area contributed by atoms with E-state index in [1.165, 1.54) is 32.7 Å². The van der Waals surface area contributed by atoms with E-state index in [-0.39, 0.29) is 0 Å². The summed E-state index contributed by atoms with van der Waals surface area (Å²) in [5.74, 6) is 0. The number of fused-ring (bicyclic) bond motifs is 1. The van der Waals surface area contributed by atoms with E-state index in [9.17, 15) is 0 Å². The molecule has 3 aromatic rings. The van der Waals surface area contributed by atoms with E-state index in [1.807, 2.05) is 12.1 Å². The van der Waals surface area contributed by atoms with Gasteiger partial charge in [0.1, 0.15) is 0 Å². The van der Waals surface area contributed by atoms with Gasteiger partial charge in [-0.05, 0) is 58.5 Å². The van der Waals surface area contributed by atoms with Gasteiger partial charge < -0.3 is 5.73 Å². The summed E-state index contributed by atoms with van der Waals surface area (Å²) in [5.41, 5.74) is 12.7. The van der Waals surface area contributed by atoms with E-state index in [0.29, 0.717) is 0 Å². The van der Waals surface area contributed by atoms with Gasteiger partial charge in [0, 0.05) is 15.5 Å². The zero-order valence-electron chi connectivity index (χ0n) is 15.1. The summed E-state index contributed by atoms with van der Waals surface area (Å²) >= 11 is 1.73. The minimum atomic E-state index is 0.787. The number of hydrogen-bond acceptors (Lipinski definition) is 2. The molecule has 1 aliphatic heterocycles. The fraction of sp³-hybridized carbons (Fsp3) is 0.0400. The largest absolute Gasteiger partial charge is 0.399 e. The Morgan fingerprint density at radius 1 is 0.741 bits per heavy atom. The molecule has 0 atom stereocenters. The van der Waals surface area contributed by atoms with Gasteiger partial charge >= 0.3 is 0 Å². The number of anilines is 1. The van der Waals surface area contributed by atoms with Crippen LogP contribution in [0.4, 0.5) is 5.69 Å². The van der Waals surface area contributed by atoms with Gasteiger partial charge in [0.25, 0.3) is 0 Å². The standard InChI is InChI=1S/C25H21NS/c1-18-6-7-19(12-13-23-4-2-3-5-25(23)27-18)20-8-10-21(11-9-20)22-14-16-24(26)17-15-22/h2-12,14-17H,1,13,26H2/b7-6-,19-12+. The molecule has 2 N–H and O–H groups in total. The first kappa shape index (κ1) is 17.4. The molecule has 4 rings (SSSR count). The summed E-state index contributed by atoms with van der Waals surface area (Å²) in [4.78, 5) is 2.33. The first-order valence-corrected chi connectivity index (χ1v) is 9.80. The highest BCUT2D eigenvalue weighted by atomic mass is 32.2. The van der Waals surface area contributed by atoms with E-state index in [1.54, 1.807) is 11.8 Å². The highest BCUT2D eigenvalue weighted by Gasteiger charge is 2.07. The third-order valence-electron chi connectivity index (χ3n) is 4.67. The molecule has 1 nitrogen and oxygen atoms in total. The van der Waals surface area contributed by atoms with Crippen LogP contribution >= 0.6 is 11.8 Å². The van der Waals surface area contributed by atoms with Crippen molar-refractivity contribution >= 4 is 23.0 Å². The molecule has 3 aromatic carbocycles. The molecule has 0 spiro atoms. The van der Waals surface area contributed by atoms with Crippen LogP contribution in [0.15, 0.2) is 107 Å². The molecule has 132 valence electrons. The monoisotopic (exact) mass is 367 g/mol. The molecule has 1 heterocycles. The second kappa shape index (κ2) is 7.73. The number of thioether (sulfide) groups is 1. The normalized spacial score (nSPS) is 17.0. The lowest BCUT2D eigenvalue weighted by molar-refractivity contribution is 1.18. The Morgan fingerprint density at radius 2 is 1.37 bits per heavy atom. The van der Waals surface area contributed by atoms with Crippen molar-refractivity contribution in [3.8, 4) is 11.1 Å². The van der Waals surface area contributed by atoms with Crippen molar-refractivity contribution < 1.29 is 0 Å². The van der Waals surface area contributed by atoms with Crippen molar-refractivity contribution in [3.63, 3.8) is 0 Å². The first-order chi connectivity index (χ1) is 13.2. The molecular weight excluding hydrogens is 346 g/mol. The summed E-state index contributed by atoms with van der Waals surface area (Å²) in [7, 11) is 0. The van der Waals surface area contributed by atoms with Gasteiger partial charge in [0.05, 0.1) is 0 Å². The predicted molar refractivity (Wildman–Crippen MR) is 119 cm³/mol. The van der Waals surface area contributed by atoms with Gasteiger partial charge in [-0.3, -0.25) is 0 Å². The average molecular weight is 368 g/mol. The molecule has 0 unspecified atom stereocenters. The summed E-state index contributed by atoms with van der Waals surface area (Å²) in [6, 6.07) is 25.2. The minimum Gasteiger partial charge on any atom is -0.399 e. The maximum absolute atomic E-state index is 5.79. The van der Waals surface area contributed by atoms with Gasteiger partial charge in [-0.25, -0.2) is 0 Å². The molecule has 0 aliphatic carbocycles. The first-order valence-electron chi connectivity index (χ1n) is 8.98. The van der Waals surface area contributed by atoms with Crippen LogP contribution in [-0.4, -0.2) is 0 Å². The molecule has 0 amide bonds. The molecule has 0 fully saturated rings. The SMILES string of the molecule is C=C1/C=C\C(c2ccc(-c3ccc(N)cc3)cc2)=C/Cc2ccccc2S1. The van der Waals surface area contributed by atoms with Crippen molar-refractivity contribution in [1.29, 1.82) is 0 Å². The summed E-state index contributed by atoms with van der Waals surface area (Å²) < 4.78 is 0. The Bertz CT molecular complexity index is 1020. The number of rotatable bonds is 2. The molecule has 0 radical (unpaired) electrons. The van der Waals surface area contributed by atoms with E-state index < -0.39 is 0 Å². The maximum atomic E-state index is 5.79. The lowest BCUT2D eigenvalue weighted by atomic mass is 9.98. The van der Waals surface area contributed by atoms with Gasteiger partial charge in [-0.15, -0.1) is 0 Å². The highest BCUT2D eigenvalue weighted by Crippen LogP contribution is 2.33. The van der Waals surface area contributed by atoms with Crippen LogP contribution in [-0.2, 0) is 6.42 Å². The third kappa shape index (κ3) is 4.07. The van der Waals surface area contributed by atoms with Crippen LogP contribution in [0.5, 0.6) is 0 Å². The second-order valence-corrected chi connectivity index (χ2v) is 7.74. The van der Waals surface area contributed by atoms with Crippen molar-refractivity contribution in [1.82, 2.24) is 0 Å². The summed E-state index contributed by atoms with van der Waals surface area (Å²) in [6.07, 6.45) is 7.48. The highest BCUT2D eigenvalue weighted by molar-refractivity contribution is 8.03.